The number of rotatable bonds is 7. The highest BCUT2D eigenvalue weighted by Crippen LogP contribution is 2.20. The molecule has 0 aliphatic heterocycles. The third-order valence-corrected chi connectivity index (χ3v) is 4.23. The molecule has 2 aromatic rings. The summed E-state index contributed by atoms with van der Waals surface area (Å²) in [6, 6.07) is 10.2. The van der Waals surface area contributed by atoms with Gasteiger partial charge in [0.05, 0.1) is 5.69 Å². The normalized spacial score (nSPS) is 11.0. The Morgan fingerprint density at radius 3 is 2.29 bits per heavy atom. The fourth-order valence-electron chi connectivity index (χ4n) is 1.99. The minimum absolute atomic E-state index is 0.240. The van der Waals surface area contributed by atoms with E-state index in [4.69, 9.17) is 0 Å². The van der Waals surface area contributed by atoms with Gasteiger partial charge in [-0.15, -0.1) is 22.0 Å². The van der Waals surface area contributed by atoms with Crippen molar-refractivity contribution in [2.24, 2.45) is 0 Å². The van der Waals surface area contributed by atoms with Gasteiger partial charge in [0.1, 0.15) is 10.8 Å². The molecule has 2 rings (SSSR count). The van der Waals surface area contributed by atoms with E-state index in [2.05, 4.69) is 28.9 Å². The fourth-order valence-corrected chi connectivity index (χ4v) is 2.81. The van der Waals surface area contributed by atoms with Crippen LogP contribution in [0.15, 0.2) is 41.4 Å². The third kappa shape index (κ3) is 4.79. The van der Waals surface area contributed by atoms with Gasteiger partial charge in [-0.3, -0.25) is 0 Å². The number of hydrogen-bond acceptors (Lipinski definition) is 4. The smallest absolute Gasteiger partial charge is 0.123 e. The van der Waals surface area contributed by atoms with E-state index in [1.807, 2.05) is 12.1 Å². The second kappa shape index (κ2) is 8.10. The lowest BCUT2D eigenvalue weighted by Crippen LogP contribution is -2.25. The largest absolute Gasteiger partial charge is 0.303 e. The van der Waals surface area contributed by atoms with Crippen molar-refractivity contribution in [2.45, 2.75) is 18.9 Å². The first kappa shape index (κ1) is 15.9. The highest BCUT2D eigenvalue weighted by molar-refractivity contribution is 7.99. The summed E-state index contributed by atoms with van der Waals surface area (Å²) in [7, 11) is 0. The highest BCUT2D eigenvalue weighted by Gasteiger charge is 2.03. The number of halogens is 1. The van der Waals surface area contributed by atoms with Crippen LogP contribution < -0.4 is 0 Å². The summed E-state index contributed by atoms with van der Waals surface area (Å²) in [6.45, 7) is 7.55. The lowest BCUT2D eigenvalue weighted by molar-refractivity contribution is 0.324. The van der Waals surface area contributed by atoms with Crippen molar-refractivity contribution in [3.8, 4) is 11.3 Å². The maximum atomic E-state index is 12.9. The van der Waals surface area contributed by atoms with Crippen molar-refractivity contribution in [2.75, 3.05) is 25.4 Å². The van der Waals surface area contributed by atoms with Crippen molar-refractivity contribution in [1.29, 1.82) is 0 Å². The van der Waals surface area contributed by atoms with E-state index in [0.717, 1.165) is 41.7 Å². The van der Waals surface area contributed by atoms with Gasteiger partial charge in [-0.1, -0.05) is 13.8 Å². The summed E-state index contributed by atoms with van der Waals surface area (Å²) in [4.78, 5) is 2.38. The van der Waals surface area contributed by atoms with Crippen LogP contribution in [0.1, 0.15) is 13.8 Å². The molecule has 1 heterocycles. The molecule has 0 radical (unpaired) electrons. The van der Waals surface area contributed by atoms with E-state index in [0.29, 0.717) is 0 Å². The van der Waals surface area contributed by atoms with Crippen LogP contribution >= 0.6 is 11.8 Å². The van der Waals surface area contributed by atoms with Crippen LogP contribution in [0.2, 0.25) is 0 Å². The summed E-state index contributed by atoms with van der Waals surface area (Å²) in [5.74, 6) is 0.766. The quantitative estimate of drug-likeness (QED) is 0.729. The Kier molecular flexibility index (Phi) is 6.14. The van der Waals surface area contributed by atoms with Crippen molar-refractivity contribution >= 4 is 11.8 Å². The van der Waals surface area contributed by atoms with Crippen molar-refractivity contribution in [3.63, 3.8) is 0 Å². The fraction of sp³-hybridized carbons (Fsp3) is 0.375. The molecule has 0 N–H and O–H groups in total. The molecule has 5 heteroatoms. The van der Waals surface area contributed by atoms with E-state index in [-0.39, 0.29) is 5.82 Å². The first-order valence-electron chi connectivity index (χ1n) is 7.17. The molecule has 1 aromatic heterocycles. The predicted octanol–water partition coefficient (Wildman–Crippen LogP) is 3.72. The summed E-state index contributed by atoms with van der Waals surface area (Å²) in [6.07, 6.45) is 0. The second-order valence-corrected chi connectivity index (χ2v) is 5.75. The zero-order valence-corrected chi connectivity index (χ0v) is 13.2. The van der Waals surface area contributed by atoms with Crippen LogP contribution in [-0.4, -0.2) is 40.5 Å². The number of aromatic nitrogens is 2. The van der Waals surface area contributed by atoms with Gasteiger partial charge < -0.3 is 4.90 Å². The van der Waals surface area contributed by atoms with E-state index in [1.54, 1.807) is 23.9 Å². The molecule has 21 heavy (non-hydrogen) atoms. The predicted molar refractivity (Wildman–Crippen MR) is 85.9 cm³/mol. The number of thioether (sulfide) groups is 1. The maximum absolute atomic E-state index is 12.9. The molecule has 0 amide bonds. The lowest BCUT2D eigenvalue weighted by Gasteiger charge is -2.16. The molecule has 3 nitrogen and oxygen atoms in total. The number of nitrogens with zero attached hydrogens (tertiary/aromatic N) is 3. The van der Waals surface area contributed by atoms with Crippen LogP contribution in [0, 0.1) is 5.82 Å². The topological polar surface area (TPSA) is 29.0 Å². The summed E-state index contributed by atoms with van der Waals surface area (Å²) in [5.41, 5.74) is 1.65. The van der Waals surface area contributed by atoms with Gasteiger partial charge in [0.25, 0.3) is 0 Å². The highest BCUT2D eigenvalue weighted by atomic mass is 32.2. The first-order valence-corrected chi connectivity index (χ1v) is 8.16. The molecular formula is C16H20FN3S. The van der Waals surface area contributed by atoms with Crippen molar-refractivity contribution < 1.29 is 4.39 Å². The monoisotopic (exact) mass is 305 g/mol. The van der Waals surface area contributed by atoms with Crippen LogP contribution in [0.25, 0.3) is 11.3 Å². The van der Waals surface area contributed by atoms with E-state index in [9.17, 15) is 4.39 Å². The average molecular weight is 305 g/mol. The molecule has 0 aliphatic carbocycles. The van der Waals surface area contributed by atoms with Gasteiger partial charge in [0, 0.05) is 17.9 Å². The van der Waals surface area contributed by atoms with Crippen molar-refractivity contribution in [1.82, 2.24) is 15.1 Å². The Bertz CT molecular complexity index is 538. The minimum Gasteiger partial charge on any atom is -0.303 e. The van der Waals surface area contributed by atoms with Gasteiger partial charge >= 0.3 is 0 Å². The summed E-state index contributed by atoms with van der Waals surface area (Å²) < 4.78 is 12.9. The third-order valence-electron chi connectivity index (χ3n) is 3.33. The Morgan fingerprint density at radius 1 is 1.00 bits per heavy atom. The van der Waals surface area contributed by atoms with E-state index >= 15 is 0 Å². The Morgan fingerprint density at radius 2 is 1.71 bits per heavy atom. The zero-order valence-electron chi connectivity index (χ0n) is 12.4. The SMILES string of the molecule is CCN(CC)CCSc1ccc(-c2ccc(F)cc2)nn1. The lowest BCUT2D eigenvalue weighted by atomic mass is 10.1. The summed E-state index contributed by atoms with van der Waals surface area (Å²) >= 11 is 1.71. The van der Waals surface area contributed by atoms with Crippen molar-refractivity contribution in [3.05, 3.63) is 42.2 Å². The molecule has 1 aromatic carbocycles. The molecule has 0 unspecified atom stereocenters. The van der Waals surface area contributed by atoms with Gasteiger partial charge in [0.2, 0.25) is 0 Å². The van der Waals surface area contributed by atoms with Gasteiger partial charge in [-0.25, -0.2) is 4.39 Å². The maximum Gasteiger partial charge on any atom is 0.123 e. The van der Waals surface area contributed by atoms with Gasteiger partial charge in [-0.05, 0) is 49.5 Å². The Balaban J connectivity index is 1.91. The summed E-state index contributed by atoms with van der Waals surface area (Å²) in [5, 5.41) is 9.36. The molecule has 0 saturated heterocycles. The average Bonchev–Trinajstić information content (AvgIpc) is 2.53. The van der Waals surface area contributed by atoms with E-state index in [1.165, 1.54) is 12.1 Å². The number of hydrogen-bond donors (Lipinski definition) is 0. The standard InChI is InChI=1S/C16H20FN3S/c1-3-20(4-2)11-12-21-16-10-9-15(18-19-16)13-5-7-14(17)8-6-13/h5-10H,3-4,11-12H2,1-2H3. The first-order chi connectivity index (χ1) is 10.2. The zero-order chi connectivity index (χ0) is 15.1. The Labute approximate surface area is 129 Å². The molecule has 0 fully saturated rings. The molecule has 112 valence electrons. The molecule has 0 spiro atoms. The molecule has 0 bridgehead atoms. The van der Waals surface area contributed by atoms with Crippen LogP contribution in [0.3, 0.4) is 0 Å². The van der Waals surface area contributed by atoms with Crippen LogP contribution in [-0.2, 0) is 0 Å². The van der Waals surface area contributed by atoms with Gasteiger partial charge in [0.15, 0.2) is 0 Å². The van der Waals surface area contributed by atoms with E-state index < -0.39 is 0 Å². The minimum atomic E-state index is -0.240. The Hall–Kier alpha value is -1.46. The second-order valence-electron chi connectivity index (χ2n) is 4.64. The van der Waals surface area contributed by atoms with Crippen LogP contribution in [0.4, 0.5) is 4.39 Å². The number of benzene rings is 1. The molecule has 0 atom stereocenters. The molecular weight excluding hydrogens is 285 g/mol. The van der Waals surface area contributed by atoms with Gasteiger partial charge in [-0.2, -0.15) is 0 Å². The van der Waals surface area contributed by atoms with Crippen LogP contribution in [0.5, 0.6) is 0 Å². The molecule has 0 aliphatic rings. The molecule has 0 saturated carbocycles.